The van der Waals surface area contributed by atoms with Crippen LogP contribution in [0, 0.1) is 0 Å². The van der Waals surface area contributed by atoms with Crippen LogP contribution in [0.2, 0.25) is 0 Å². The number of hydrogen-bond donors (Lipinski definition) is 2. The summed E-state index contributed by atoms with van der Waals surface area (Å²) in [6.07, 6.45) is 0.404. The van der Waals surface area contributed by atoms with E-state index in [9.17, 15) is 4.57 Å². The van der Waals surface area contributed by atoms with Gasteiger partial charge in [-0.3, -0.25) is 4.57 Å². The second-order valence-electron chi connectivity index (χ2n) is 3.31. The molecule has 0 aromatic rings. The molecule has 0 amide bonds. The third kappa shape index (κ3) is 8.11. The quantitative estimate of drug-likeness (QED) is 0.335. The average Bonchev–Trinajstić information content (AvgIpc) is 2.28. The lowest BCUT2D eigenvalue weighted by atomic mass is 10.5. The van der Waals surface area contributed by atoms with Crippen molar-refractivity contribution in [3.63, 3.8) is 0 Å². The minimum absolute atomic E-state index is 0.0194. The summed E-state index contributed by atoms with van der Waals surface area (Å²) in [6.45, 7) is 3.83. The highest BCUT2D eigenvalue weighted by atomic mass is 35.5. The van der Waals surface area contributed by atoms with Crippen LogP contribution in [0.25, 0.3) is 0 Å². The van der Waals surface area contributed by atoms with Gasteiger partial charge in [-0.1, -0.05) is 0 Å². The third-order valence-corrected chi connectivity index (χ3v) is 3.92. The summed E-state index contributed by atoms with van der Waals surface area (Å²) in [4.78, 5) is 0. The van der Waals surface area contributed by atoms with E-state index in [1.807, 2.05) is 6.92 Å². The summed E-state index contributed by atoms with van der Waals surface area (Å²) < 4.78 is 23.8. The Morgan fingerprint density at radius 3 is 2.65 bits per heavy atom. The molecule has 0 bridgehead atoms. The van der Waals surface area contributed by atoms with Gasteiger partial charge in [-0.15, -0.1) is 11.6 Å². The topological polar surface area (TPSA) is 85.0 Å². The van der Waals surface area contributed by atoms with E-state index in [-0.39, 0.29) is 13.2 Å². The fourth-order valence-electron chi connectivity index (χ4n) is 1.14. The van der Waals surface area contributed by atoms with Gasteiger partial charge in [0.2, 0.25) is 0 Å². The highest BCUT2D eigenvalue weighted by molar-refractivity contribution is 7.53. The molecule has 0 saturated heterocycles. The van der Waals surface area contributed by atoms with Crippen molar-refractivity contribution >= 4 is 19.3 Å². The molecule has 6 nitrogen and oxygen atoms in total. The van der Waals surface area contributed by atoms with E-state index in [0.717, 1.165) is 0 Å². The first-order valence-electron chi connectivity index (χ1n) is 5.61. The smallest absolute Gasteiger partial charge is 0.340 e. The molecule has 0 radical (unpaired) electrons. The Kier molecular flexibility index (Phi) is 10.5. The van der Waals surface area contributed by atoms with E-state index in [1.54, 1.807) is 0 Å². The van der Waals surface area contributed by atoms with Crippen molar-refractivity contribution < 1.29 is 18.9 Å². The van der Waals surface area contributed by atoms with Crippen molar-refractivity contribution in [2.75, 3.05) is 45.4 Å². The van der Waals surface area contributed by atoms with Crippen LogP contribution in [0.15, 0.2) is 0 Å². The van der Waals surface area contributed by atoms with Gasteiger partial charge in [0.25, 0.3) is 0 Å². The zero-order valence-corrected chi connectivity index (χ0v) is 11.8. The van der Waals surface area contributed by atoms with E-state index in [1.165, 1.54) is 4.67 Å². The Bertz CT molecular complexity index is 233. The molecule has 0 rings (SSSR count). The zero-order valence-electron chi connectivity index (χ0n) is 10.2. The van der Waals surface area contributed by atoms with Gasteiger partial charge < -0.3 is 14.4 Å². The van der Waals surface area contributed by atoms with Gasteiger partial charge in [-0.05, 0) is 13.3 Å². The molecule has 0 aliphatic rings. The molecule has 0 aliphatic carbocycles. The van der Waals surface area contributed by atoms with Crippen LogP contribution in [0.4, 0.5) is 0 Å². The standard InChI is InChI=1S/C9H22ClN2O4P/c1-2-15-9-6-12(5-4-10)17(11,14)16-8-3-7-13/h13H,2-9H2,1H3,(H2,11,14). The summed E-state index contributed by atoms with van der Waals surface area (Å²) in [5.74, 6) is 0.316. The van der Waals surface area contributed by atoms with Crippen LogP contribution >= 0.6 is 19.3 Å². The minimum Gasteiger partial charge on any atom is -0.396 e. The van der Waals surface area contributed by atoms with E-state index in [2.05, 4.69) is 0 Å². The maximum absolute atomic E-state index is 12.1. The number of hydrogen-bond acceptors (Lipinski definition) is 4. The molecular weight excluding hydrogens is 267 g/mol. The molecule has 0 spiro atoms. The molecule has 0 heterocycles. The zero-order chi connectivity index (χ0) is 13.1. The van der Waals surface area contributed by atoms with E-state index < -0.39 is 7.67 Å². The summed E-state index contributed by atoms with van der Waals surface area (Å²) in [5, 5.41) is 8.61. The van der Waals surface area contributed by atoms with Crippen LogP contribution in [0.1, 0.15) is 13.3 Å². The van der Waals surface area contributed by atoms with Crippen molar-refractivity contribution in [2.45, 2.75) is 13.3 Å². The maximum Gasteiger partial charge on any atom is 0.340 e. The highest BCUT2D eigenvalue weighted by Gasteiger charge is 2.26. The summed E-state index contributed by atoms with van der Waals surface area (Å²) in [7, 11) is -3.33. The first-order chi connectivity index (χ1) is 8.08. The number of aliphatic hydroxyl groups excluding tert-OH is 1. The molecular formula is C9H22ClN2O4P. The molecule has 17 heavy (non-hydrogen) atoms. The molecule has 0 fully saturated rings. The average molecular weight is 289 g/mol. The van der Waals surface area contributed by atoms with Gasteiger partial charge in [0, 0.05) is 32.2 Å². The predicted molar refractivity (Wildman–Crippen MR) is 68.2 cm³/mol. The predicted octanol–water partition coefficient (Wildman–Crippen LogP) is 1.03. The van der Waals surface area contributed by atoms with Crippen LogP contribution in [0.5, 0.6) is 0 Å². The molecule has 0 saturated carbocycles. The van der Waals surface area contributed by atoms with E-state index in [4.69, 9.17) is 31.5 Å². The van der Waals surface area contributed by atoms with Gasteiger partial charge >= 0.3 is 7.67 Å². The minimum atomic E-state index is -3.33. The monoisotopic (exact) mass is 288 g/mol. The fraction of sp³-hybridized carbons (Fsp3) is 1.00. The molecule has 3 N–H and O–H groups in total. The normalized spacial score (nSPS) is 15.1. The van der Waals surface area contributed by atoms with Gasteiger partial charge in [0.15, 0.2) is 0 Å². The van der Waals surface area contributed by atoms with Gasteiger partial charge in [-0.25, -0.2) is 10.2 Å². The highest BCUT2D eigenvalue weighted by Crippen LogP contribution is 2.42. The summed E-state index contributed by atoms with van der Waals surface area (Å²) in [6, 6.07) is 0. The van der Waals surface area contributed by atoms with Crippen LogP contribution < -0.4 is 5.50 Å². The van der Waals surface area contributed by atoms with Crippen LogP contribution in [-0.2, 0) is 13.8 Å². The Hall–Kier alpha value is 0.320. The number of halogens is 1. The van der Waals surface area contributed by atoms with Crippen molar-refractivity contribution in [2.24, 2.45) is 5.50 Å². The van der Waals surface area contributed by atoms with Gasteiger partial charge in [0.05, 0.1) is 13.2 Å². The lowest BCUT2D eigenvalue weighted by Gasteiger charge is -2.26. The van der Waals surface area contributed by atoms with Gasteiger partial charge in [0.1, 0.15) is 0 Å². The van der Waals surface area contributed by atoms with E-state index >= 15 is 0 Å². The number of rotatable bonds is 11. The van der Waals surface area contributed by atoms with Crippen molar-refractivity contribution in [3.8, 4) is 0 Å². The van der Waals surface area contributed by atoms with Crippen molar-refractivity contribution in [1.82, 2.24) is 4.67 Å². The SMILES string of the molecule is CCOCCN(CCCl)P(N)(=O)OCCCO. The van der Waals surface area contributed by atoms with Crippen molar-refractivity contribution in [1.29, 1.82) is 0 Å². The first kappa shape index (κ1) is 17.3. The van der Waals surface area contributed by atoms with Crippen LogP contribution in [-0.4, -0.2) is 55.2 Å². The van der Waals surface area contributed by atoms with Crippen LogP contribution in [0.3, 0.4) is 0 Å². The Labute approximate surface area is 108 Å². The number of alkyl halides is 1. The molecule has 1 atom stereocenters. The molecule has 1 unspecified atom stereocenters. The van der Waals surface area contributed by atoms with E-state index in [0.29, 0.717) is 38.6 Å². The lowest BCUT2D eigenvalue weighted by Crippen LogP contribution is -2.31. The molecule has 0 aromatic carbocycles. The first-order valence-corrected chi connectivity index (χ1v) is 7.79. The second-order valence-corrected chi connectivity index (χ2v) is 5.64. The Morgan fingerprint density at radius 1 is 1.41 bits per heavy atom. The molecule has 0 aliphatic heterocycles. The molecule has 104 valence electrons. The number of ether oxygens (including phenoxy) is 1. The fourth-order valence-corrected chi connectivity index (χ4v) is 2.76. The Morgan fingerprint density at radius 2 is 2.12 bits per heavy atom. The largest absolute Gasteiger partial charge is 0.396 e. The number of aliphatic hydroxyl groups is 1. The second kappa shape index (κ2) is 10.3. The third-order valence-electron chi connectivity index (χ3n) is 2.01. The number of nitrogens with two attached hydrogens (primary N) is 1. The summed E-state index contributed by atoms with van der Waals surface area (Å²) >= 11 is 5.62. The molecule has 0 aromatic heterocycles. The Balaban J connectivity index is 4.18. The summed E-state index contributed by atoms with van der Waals surface area (Å²) in [5.41, 5.74) is 5.63. The maximum atomic E-state index is 12.1. The molecule has 8 heteroatoms. The van der Waals surface area contributed by atoms with Gasteiger partial charge in [-0.2, -0.15) is 0 Å². The number of nitrogens with zero attached hydrogens (tertiary/aromatic N) is 1. The van der Waals surface area contributed by atoms with Crippen molar-refractivity contribution in [3.05, 3.63) is 0 Å². The lowest BCUT2D eigenvalue weighted by molar-refractivity contribution is 0.129.